The van der Waals surface area contributed by atoms with Gasteiger partial charge in [-0.3, -0.25) is 14.4 Å². The van der Waals surface area contributed by atoms with Gasteiger partial charge in [0.2, 0.25) is 5.78 Å². The Bertz CT molecular complexity index is 1100. The third kappa shape index (κ3) is 2.49. The fraction of sp³-hybridized carbons (Fsp3) is 0.286. The molecule has 0 fully saturated rings. The van der Waals surface area contributed by atoms with Crippen LogP contribution in [-0.4, -0.2) is 50.7 Å². The number of aromatic hydroxyl groups is 2. The predicted molar refractivity (Wildman–Crippen MR) is 98.0 cm³/mol. The average Bonchev–Trinajstić information content (AvgIpc) is 2.64. The summed E-state index contributed by atoms with van der Waals surface area (Å²) in [6.45, 7) is 1.34. The highest BCUT2D eigenvalue weighted by Gasteiger charge is 2.49. The van der Waals surface area contributed by atoms with Gasteiger partial charge in [-0.2, -0.15) is 0 Å². The van der Waals surface area contributed by atoms with E-state index in [0.29, 0.717) is 0 Å². The van der Waals surface area contributed by atoms with Crippen molar-refractivity contribution >= 4 is 17.5 Å². The van der Waals surface area contributed by atoms with E-state index >= 15 is 0 Å². The molecular formula is C21H18O8. The summed E-state index contributed by atoms with van der Waals surface area (Å²) in [7, 11) is 1.13. The van der Waals surface area contributed by atoms with Crippen molar-refractivity contribution in [3.05, 3.63) is 57.6 Å². The Hall–Kier alpha value is -3.23. The molecule has 0 spiro atoms. The van der Waals surface area contributed by atoms with E-state index in [1.165, 1.54) is 31.2 Å². The Labute approximate surface area is 165 Å². The minimum atomic E-state index is -1.71. The molecule has 0 saturated carbocycles. The van der Waals surface area contributed by atoms with Crippen LogP contribution in [-0.2, 0) is 9.53 Å². The Balaban J connectivity index is 2.05. The first-order valence-corrected chi connectivity index (χ1v) is 8.89. The van der Waals surface area contributed by atoms with Crippen LogP contribution in [0.4, 0.5) is 0 Å². The maximum Gasteiger partial charge on any atom is 0.316 e. The number of aliphatic hydroxyl groups excluding tert-OH is 1. The second-order valence-corrected chi connectivity index (χ2v) is 7.54. The molecule has 0 aromatic heterocycles. The largest absolute Gasteiger partial charge is 0.507 e. The molecule has 8 heteroatoms. The number of carbonyl (C=O) groups is 3. The van der Waals surface area contributed by atoms with Crippen LogP contribution in [0.2, 0.25) is 0 Å². The molecule has 0 amide bonds. The number of rotatable bonds is 1. The van der Waals surface area contributed by atoms with Crippen LogP contribution in [0, 0.1) is 0 Å². The summed E-state index contributed by atoms with van der Waals surface area (Å²) in [6, 6.07) is 5.27. The number of fused-ring (bicyclic) bond motifs is 3. The van der Waals surface area contributed by atoms with Crippen molar-refractivity contribution in [3.8, 4) is 11.5 Å². The molecule has 0 aliphatic heterocycles. The number of benzene rings is 2. The number of phenolic OH excluding ortho intramolecular Hbond substituents is 2. The fourth-order valence-electron chi connectivity index (χ4n) is 4.39. The van der Waals surface area contributed by atoms with Crippen molar-refractivity contribution < 1.29 is 39.5 Å². The van der Waals surface area contributed by atoms with E-state index in [-0.39, 0.29) is 39.8 Å². The normalized spacial score (nSPS) is 25.1. The molecule has 0 radical (unpaired) electrons. The van der Waals surface area contributed by atoms with E-state index in [9.17, 15) is 34.8 Å². The van der Waals surface area contributed by atoms with Gasteiger partial charge in [-0.15, -0.1) is 0 Å². The molecule has 8 nitrogen and oxygen atoms in total. The third-order valence-electron chi connectivity index (χ3n) is 5.67. The van der Waals surface area contributed by atoms with Crippen LogP contribution >= 0.6 is 0 Å². The van der Waals surface area contributed by atoms with Gasteiger partial charge >= 0.3 is 5.97 Å². The van der Waals surface area contributed by atoms with Gasteiger partial charge in [0, 0.05) is 23.1 Å². The number of ether oxygens (including phenoxy) is 1. The van der Waals surface area contributed by atoms with Crippen LogP contribution in [0.25, 0.3) is 0 Å². The molecule has 3 atom stereocenters. The van der Waals surface area contributed by atoms with Gasteiger partial charge in [-0.1, -0.05) is 12.1 Å². The van der Waals surface area contributed by atoms with Crippen molar-refractivity contribution in [1.29, 1.82) is 0 Å². The summed E-state index contributed by atoms with van der Waals surface area (Å²) in [5.41, 5.74) is -2.62. The number of hydrogen-bond donors (Lipinski definition) is 4. The lowest BCUT2D eigenvalue weighted by Crippen LogP contribution is -2.44. The third-order valence-corrected chi connectivity index (χ3v) is 5.67. The average molecular weight is 398 g/mol. The first kappa shape index (κ1) is 19.1. The number of ketones is 2. The molecule has 0 bridgehead atoms. The Morgan fingerprint density at radius 1 is 1.14 bits per heavy atom. The zero-order valence-electron chi connectivity index (χ0n) is 15.6. The van der Waals surface area contributed by atoms with Gasteiger partial charge < -0.3 is 25.2 Å². The molecular weight excluding hydrogens is 380 g/mol. The van der Waals surface area contributed by atoms with Gasteiger partial charge in [0.1, 0.15) is 17.4 Å². The van der Waals surface area contributed by atoms with E-state index in [1.807, 2.05) is 0 Å². The smallest absolute Gasteiger partial charge is 0.316 e. The number of hydrogen-bond acceptors (Lipinski definition) is 8. The molecule has 2 aromatic carbocycles. The Kier molecular flexibility index (Phi) is 4.04. The molecule has 4 rings (SSSR count). The molecule has 2 aliphatic carbocycles. The summed E-state index contributed by atoms with van der Waals surface area (Å²) < 4.78 is 4.77. The highest BCUT2D eigenvalue weighted by Crippen LogP contribution is 2.51. The minimum absolute atomic E-state index is 0.0154. The van der Waals surface area contributed by atoms with Crippen molar-refractivity contribution in [2.75, 3.05) is 7.11 Å². The van der Waals surface area contributed by atoms with E-state index in [4.69, 9.17) is 4.74 Å². The fourth-order valence-corrected chi connectivity index (χ4v) is 4.39. The molecule has 0 saturated heterocycles. The van der Waals surface area contributed by atoms with Gasteiger partial charge in [0.25, 0.3) is 0 Å². The first-order chi connectivity index (χ1) is 13.6. The highest BCUT2D eigenvalue weighted by atomic mass is 16.5. The second-order valence-electron chi connectivity index (χ2n) is 7.54. The van der Waals surface area contributed by atoms with Gasteiger partial charge in [-0.05, 0) is 24.6 Å². The zero-order chi connectivity index (χ0) is 21.2. The van der Waals surface area contributed by atoms with Crippen molar-refractivity contribution in [3.63, 3.8) is 0 Å². The summed E-state index contributed by atoms with van der Waals surface area (Å²) in [5.74, 6) is -4.55. The van der Waals surface area contributed by atoms with E-state index in [0.717, 1.165) is 7.11 Å². The Morgan fingerprint density at radius 2 is 1.83 bits per heavy atom. The lowest BCUT2D eigenvalue weighted by Gasteiger charge is -2.40. The maximum absolute atomic E-state index is 13.0. The number of phenols is 2. The minimum Gasteiger partial charge on any atom is -0.507 e. The number of methoxy groups -OCH3 is 1. The van der Waals surface area contributed by atoms with Crippen LogP contribution in [0.15, 0.2) is 24.3 Å². The highest BCUT2D eigenvalue weighted by molar-refractivity contribution is 6.30. The summed E-state index contributed by atoms with van der Waals surface area (Å²) in [5, 5.41) is 42.2. The SMILES string of the molecule is COC(=O)C1c2cc3c(c(O)c2[C@H](O)C[C@]1(C)O)C(=O)c1c(O)cccc1C3=O. The van der Waals surface area contributed by atoms with Gasteiger partial charge in [0.05, 0.1) is 29.9 Å². The van der Waals surface area contributed by atoms with Gasteiger partial charge in [0.15, 0.2) is 5.78 Å². The number of carbonyl (C=O) groups excluding carboxylic acids is 3. The monoisotopic (exact) mass is 398 g/mol. The molecule has 4 N–H and O–H groups in total. The van der Waals surface area contributed by atoms with Crippen LogP contribution in [0.5, 0.6) is 11.5 Å². The van der Waals surface area contributed by atoms with Crippen LogP contribution in [0.1, 0.15) is 68.3 Å². The summed E-state index contributed by atoms with van der Waals surface area (Å²) >= 11 is 0. The lowest BCUT2D eigenvalue weighted by molar-refractivity contribution is -0.151. The molecule has 2 aromatic rings. The number of aliphatic hydroxyl groups is 2. The van der Waals surface area contributed by atoms with Crippen molar-refractivity contribution in [2.45, 2.75) is 31.0 Å². The van der Waals surface area contributed by atoms with Crippen molar-refractivity contribution in [1.82, 2.24) is 0 Å². The Morgan fingerprint density at radius 3 is 2.48 bits per heavy atom. The van der Waals surface area contributed by atoms with E-state index in [2.05, 4.69) is 0 Å². The molecule has 29 heavy (non-hydrogen) atoms. The molecule has 150 valence electrons. The van der Waals surface area contributed by atoms with E-state index in [1.54, 1.807) is 0 Å². The molecule has 1 unspecified atom stereocenters. The number of esters is 1. The van der Waals surface area contributed by atoms with Gasteiger partial charge in [-0.25, -0.2) is 0 Å². The van der Waals surface area contributed by atoms with Crippen molar-refractivity contribution in [2.24, 2.45) is 0 Å². The topological polar surface area (TPSA) is 141 Å². The van der Waals surface area contributed by atoms with Crippen LogP contribution < -0.4 is 0 Å². The predicted octanol–water partition coefficient (Wildman–Crippen LogP) is 1.32. The summed E-state index contributed by atoms with van der Waals surface area (Å²) in [4.78, 5) is 38.4. The maximum atomic E-state index is 13.0. The quantitative estimate of drug-likeness (QED) is 0.450. The molecule has 2 aliphatic rings. The second kappa shape index (κ2) is 6.13. The zero-order valence-corrected chi connectivity index (χ0v) is 15.6. The first-order valence-electron chi connectivity index (χ1n) is 8.89. The van der Waals surface area contributed by atoms with Crippen LogP contribution in [0.3, 0.4) is 0 Å². The molecule has 0 heterocycles. The lowest BCUT2D eigenvalue weighted by atomic mass is 9.68. The summed E-state index contributed by atoms with van der Waals surface area (Å²) in [6.07, 6.45) is -1.68. The standard InChI is InChI=1S/C21H18O8/c1-21(28)7-12(23)14-9(16(21)20(27)29-2)6-10-15(19(14)26)18(25)13-8(17(10)24)4-3-5-11(13)22/h3-6,12,16,22-23,26,28H,7H2,1-2H3/t12-,16?,21+/m1/s1. The van der Waals surface area contributed by atoms with E-state index < -0.39 is 46.7 Å².